The molecule has 3 rings (SSSR count). The van der Waals surface area contributed by atoms with Crippen molar-refractivity contribution in [3.8, 4) is 11.5 Å². The van der Waals surface area contributed by atoms with Crippen LogP contribution in [0.3, 0.4) is 0 Å². The van der Waals surface area contributed by atoms with Gasteiger partial charge >= 0.3 is 0 Å². The third kappa shape index (κ3) is 6.09. The van der Waals surface area contributed by atoms with Crippen LogP contribution in [-0.4, -0.2) is 79.9 Å². The quantitative estimate of drug-likeness (QED) is 0.700. The van der Waals surface area contributed by atoms with Crippen LogP contribution in [0.4, 0.5) is 0 Å². The molecule has 0 unspecified atom stereocenters. The van der Waals surface area contributed by atoms with E-state index in [0.29, 0.717) is 26.1 Å². The fraction of sp³-hybridized carbons (Fsp3) is 0.650. The van der Waals surface area contributed by atoms with Crippen molar-refractivity contribution in [3.63, 3.8) is 0 Å². The Labute approximate surface area is 161 Å². The van der Waals surface area contributed by atoms with Crippen LogP contribution in [0.1, 0.15) is 24.8 Å². The molecule has 0 radical (unpaired) electrons. The zero-order valence-electron chi connectivity index (χ0n) is 16.2. The van der Waals surface area contributed by atoms with Gasteiger partial charge in [-0.05, 0) is 32.0 Å². The Bertz CT molecular complexity index is 619. The van der Waals surface area contributed by atoms with Gasteiger partial charge in [-0.25, -0.2) is 0 Å². The summed E-state index contributed by atoms with van der Waals surface area (Å²) in [6.45, 7) is 5.95. The first-order valence-electron chi connectivity index (χ1n) is 9.83. The minimum Gasteiger partial charge on any atom is -0.497 e. The highest BCUT2D eigenvalue weighted by atomic mass is 16.5. The zero-order chi connectivity index (χ0) is 19.1. The Morgan fingerprint density at radius 1 is 1.19 bits per heavy atom. The number of methoxy groups -OCH3 is 1. The Morgan fingerprint density at radius 3 is 2.78 bits per heavy atom. The van der Waals surface area contributed by atoms with Crippen LogP contribution in [0.25, 0.3) is 0 Å². The fourth-order valence-electron chi connectivity index (χ4n) is 3.64. The van der Waals surface area contributed by atoms with Gasteiger partial charge in [0.1, 0.15) is 24.2 Å². The molecule has 2 aliphatic heterocycles. The number of hydrogen-bond donors (Lipinski definition) is 2. The van der Waals surface area contributed by atoms with Gasteiger partial charge in [0.15, 0.2) is 0 Å². The Kier molecular flexibility index (Phi) is 7.32. The standard InChI is InChI=1S/C20H31N3O4/c1-26-18-5-4-16(13-23-10-6-20(25)21-7-11-23)19(12-18)27-15-17(24)14-22-8-2-3-9-22/h4-5,12,17,24H,2-3,6-11,13-15H2,1H3,(H,21,25)/t17-/m0/s1. The molecule has 7 nitrogen and oxygen atoms in total. The summed E-state index contributed by atoms with van der Waals surface area (Å²) in [6, 6.07) is 5.80. The van der Waals surface area contributed by atoms with E-state index in [0.717, 1.165) is 43.2 Å². The number of carbonyl (C=O) groups excluding carboxylic acids is 1. The van der Waals surface area contributed by atoms with E-state index in [1.807, 2.05) is 18.2 Å². The predicted octanol–water partition coefficient (Wildman–Crippen LogP) is 0.853. The molecule has 0 saturated carbocycles. The van der Waals surface area contributed by atoms with Gasteiger partial charge in [-0.1, -0.05) is 6.07 Å². The van der Waals surface area contributed by atoms with Crippen LogP contribution in [0.5, 0.6) is 11.5 Å². The molecule has 2 fully saturated rings. The minimum absolute atomic E-state index is 0.105. The molecule has 2 N–H and O–H groups in total. The lowest BCUT2D eigenvalue weighted by atomic mass is 10.1. The van der Waals surface area contributed by atoms with Gasteiger partial charge in [-0.15, -0.1) is 0 Å². The van der Waals surface area contributed by atoms with E-state index in [1.54, 1.807) is 7.11 Å². The number of ether oxygens (including phenoxy) is 2. The van der Waals surface area contributed by atoms with Gasteiger partial charge in [0.25, 0.3) is 0 Å². The number of rotatable bonds is 8. The zero-order valence-corrected chi connectivity index (χ0v) is 16.2. The molecule has 7 heteroatoms. The number of aliphatic hydroxyl groups excluding tert-OH is 1. The summed E-state index contributed by atoms with van der Waals surface area (Å²) in [5.41, 5.74) is 1.04. The number of hydrogen-bond acceptors (Lipinski definition) is 6. The highest BCUT2D eigenvalue weighted by molar-refractivity contribution is 5.76. The van der Waals surface area contributed by atoms with Gasteiger partial charge in [0.2, 0.25) is 5.91 Å². The van der Waals surface area contributed by atoms with Crippen LogP contribution >= 0.6 is 0 Å². The molecule has 0 bridgehead atoms. The first kappa shape index (κ1) is 19.9. The van der Waals surface area contributed by atoms with Gasteiger partial charge in [-0.2, -0.15) is 0 Å². The van der Waals surface area contributed by atoms with Gasteiger partial charge in [-0.3, -0.25) is 9.69 Å². The van der Waals surface area contributed by atoms with Crippen LogP contribution in [0.2, 0.25) is 0 Å². The van der Waals surface area contributed by atoms with Crippen molar-refractivity contribution in [1.82, 2.24) is 15.1 Å². The minimum atomic E-state index is -0.512. The van der Waals surface area contributed by atoms with Crippen LogP contribution in [0, 0.1) is 0 Å². The van der Waals surface area contributed by atoms with Crippen LogP contribution in [-0.2, 0) is 11.3 Å². The van der Waals surface area contributed by atoms with E-state index in [-0.39, 0.29) is 12.5 Å². The Balaban J connectivity index is 1.60. The normalized spacial score (nSPS) is 20.1. The maximum Gasteiger partial charge on any atom is 0.221 e. The largest absolute Gasteiger partial charge is 0.497 e. The molecule has 2 heterocycles. The van der Waals surface area contributed by atoms with E-state index in [9.17, 15) is 9.90 Å². The first-order valence-corrected chi connectivity index (χ1v) is 9.83. The molecule has 27 heavy (non-hydrogen) atoms. The van der Waals surface area contributed by atoms with Crippen molar-refractivity contribution in [1.29, 1.82) is 0 Å². The second kappa shape index (κ2) is 9.92. The summed E-state index contributed by atoms with van der Waals surface area (Å²) >= 11 is 0. The van der Waals surface area contributed by atoms with Crippen molar-refractivity contribution < 1.29 is 19.4 Å². The van der Waals surface area contributed by atoms with Crippen molar-refractivity contribution in [2.24, 2.45) is 0 Å². The van der Waals surface area contributed by atoms with Crippen molar-refractivity contribution in [3.05, 3.63) is 23.8 Å². The Morgan fingerprint density at radius 2 is 2.00 bits per heavy atom. The van der Waals surface area contributed by atoms with E-state index in [1.165, 1.54) is 12.8 Å². The van der Waals surface area contributed by atoms with Gasteiger partial charge in [0.05, 0.1) is 7.11 Å². The molecule has 1 aromatic rings. The van der Waals surface area contributed by atoms with E-state index >= 15 is 0 Å². The number of nitrogens with zero attached hydrogens (tertiary/aromatic N) is 2. The first-order chi connectivity index (χ1) is 13.1. The lowest BCUT2D eigenvalue weighted by Crippen LogP contribution is -2.34. The Hall–Kier alpha value is -1.83. The van der Waals surface area contributed by atoms with Gasteiger partial charge in [0, 0.05) is 50.8 Å². The molecule has 150 valence electrons. The monoisotopic (exact) mass is 377 g/mol. The van der Waals surface area contributed by atoms with Gasteiger partial charge < -0.3 is 24.8 Å². The van der Waals surface area contributed by atoms with Crippen molar-refractivity contribution in [2.75, 3.05) is 53.0 Å². The summed E-state index contributed by atoms with van der Waals surface area (Å²) < 4.78 is 11.3. The third-order valence-electron chi connectivity index (χ3n) is 5.17. The van der Waals surface area contributed by atoms with E-state index < -0.39 is 6.10 Å². The smallest absolute Gasteiger partial charge is 0.221 e. The number of benzene rings is 1. The molecule has 1 amide bonds. The number of β-amino-alcohol motifs (C(OH)–C–C–N with tert-alkyl or cyclic N) is 1. The number of amides is 1. The number of nitrogens with one attached hydrogen (secondary N) is 1. The second-order valence-corrected chi connectivity index (χ2v) is 7.32. The molecule has 0 spiro atoms. The highest BCUT2D eigenvalue weighted by Gasteiger charge is 2.18. The lowest BCUT2D eigenvalue weighted by Gasteiger charge is -2.23. The molecule has 2 aliphatic rings. The molecule has 1 aromatic carbocycles. The topological polar surface area (TPSA) is 74.3 Å². The average molecular weight is 377 g/mol. The molecule has 2 saturated heterocycles. The summed E-state index contributed by atoms with van der Waals surface area (Å²) in [5, 5.41) is 13.2. The maximum atomic E-state index is 11.5. The highest BCUT2D eigenvalue weighted by Crippen LogP contribution is 2.26. The summed E-state index contributed by atoms with van der Waals surface area (Å²) in [6.07, 6.45) is 2.42. The predicted molar refractivity (Wildman–Crippen MR) is 103 cm³/mol. The van der Waals surface area contributed by atoms with E-state index in [4.69, 9.17) is 9.47 Å². The fourth-order valence-corrected chi connectivity index (χ4v) is 3.64. The number of aliphatic hydroxyl groups is 1. The third-order valence-corrected chi connectivity index (χ3v) is 5.17. The molecular weight excluding hydrogens is 346 g/mol. The van der Waals surface area contributed by atoms with Crippen LogP contribution in [0.15, 0.2) is 18.2 Å². The maximum absolute atomic E-state index is 11.5. The SMILES string of the molecule is COc1ccc(CN2CCNC(=O)CC2)c(OC[C@@H](O)CN2CCCC2)c1. The molecule has 0 aromatic heterocycles. The van der Waals surface area contributed by atoms with Crippen molar-refractivity contribution in [2.45, 2.75) is 31.9 Å². The molecular formula is C20H31N3O4. The molecule has 1 atom stereocenters. The lowest BCUT2D eigenvalue weighted by molar-refractivity contribution is -0.120. The van der Waals surface area contributed by atoms with E-state index in [2.05, 4.69) is 15.1 Å². The average Bonchev–Trinajstić information content (AvgIpc) is 3.09. The second-order valence-electron chi connectivity index (χ2n) is 7.32. The van der Waals surface area contributed by atoms with Crippen molar-refractivity contribution >= 4 is 5.91 Å². The summed E-state index contributed by atoms with van der Waals surface area (Å²) in [5.74, 6) is 1.57. The summed E-state index contributed by atoms with van der Waals surface area (Å²) in [7, 11) is 1.63. The van der Waals surface area contributed by atoms with Crippen LogP contribution < -0.4 is 14.8 Å². The number of likely N-dealkylation sites (tertiary alicyclic amines) is 1. The molecule has 0 aliphatic carbocycles. The summed E-state index contributed by atoms with van der Waals surface area (Å²) in [4.78, 5) is 16.1. The number of carbonyl (C=O) groups is 1.